The van der Waals surface area contributed by atoms with E-state index < -0.39 is 0 Å². The lowest BCUT2D eigenvalue weighted by Crippen LogP contribution is -2.30. The van der Waals surface area contributed by atoms with Crippen molar-refractivity contribution >= 4 is 0 Å². The Balaban J connectivity index is 2.20. The number of rotatable bonds is 4. The second kappa shape index (κ2) is 4.73. The molecule has 1 aliphatic rings. The highest BCUT2D eigenvalue weighted by Crippen LogP contribution is 2.13. The zero-order valence-electron chi connectivity index (χ0n) is 7.68. The summed E-state index contributed by atoms with van der Waals surface area (Å²) in [6.45, 7) is 7.71. The number of hydrogen-bond donors (Lipinski definition) is 0. The number of ether oxygens (including phenoxy) is 1. The van der Waals surface area contributed by atoms with Crippen molar-refractivity contribution in [3.8, 4) is 0 Å². The normalized spacial score (nSPS) is 26.2. The van der Waals surface area contributed by atoms with Gasteiger partial charge in [0.25, 0.3) is 0 Å². The van der Waals surface area contributed by atoms with E-state index in [0.717, 1.165) is 19.6 Å². The molecule has 1 aliphatic heterocycles. The molecule has 1 rings (SSSR count). The Kier molecular flexibility index (Phi) is 3.87. The van der Waals surface area contributed by atoms with Gasteiger partial charge in [-0.3, -0.25) is 4.90 Å². The van der Waals surface area contributed by atoms with Crippen LogP contribution in [0.3, 0.4) is 0 Å². The van der Waals surface area contributed by atoms with Gasteiger partial charge in [-0.05, 0) is 12.8 Å². The van der Waals surface area contributed by atoms with Gasteiger partial charge in [0.1, 0.15) is 6.23 Å². The van der Waals surface area contributed by atoms with Gasteiger partial charge in [-0.1, -0.05) is 20.3 Å². The zero-order valence-corrected chi connectivity index (χ0v) is 7.68. The highest BCUT2D eigenvalue weighted by Gasteiger charge is 2.21. The first-order valence-electron chi connectivity index (χ1n) is 4.74. The molecule has 0 aromatic carbocycles. The van der Waals surface area contributed by atoms with Gasteiger partial charge in [0.2, 0.25) is 0 Å². The molecule has 1 atom stereocenters. The third-order valence-corrected chi connectivity index (χ3v) is 2.24. The Hall–Kier alpha value is -0.0800. The van der Waals surface area contributed by atoms with Gasteiger partial charge in [-0.25, -0.2) is 0 Å². The van der Waals surface area contributed by atoms with Crippen LogP contribution >= 0.6 is 0 Å². The molecular weight excluding hydrogens is 138 g/mol. The SMILES string of the molecule is CCCCN1CCOC1CC. The van der Waals surface area contributed by atoms with Gasteiger partial charge in [0, 0.05) is 13.1 Å². The van der Waals surface area contributed by atoms with Gasteiger partial charge in [0.05, 0.1) is 6.61 Å². The van der Waals surface area contributed by atoms with E-state index in [1.165, 1.54) is 19.4 Å². The smallest absolute Gasteiger partial charge is 0.110 e. The first-order chi connectivity index (χ1) is 5.38. The van der Waals surface area contributed by atoms with Crippen molar-refractivity contribution in [3.63, 3.8) is 0 Å². The average molecular weight is 157 g/mol. The minimum atomic E-state index is 0.418. The molecule has 1 heterocycles. The molecule has 0 bridgehead atoms. The highest BCUT2D eigenvalue weighted by atomic mass is 16.5. The van der Waals surface area contributed by atoms with E-state index in [1.54, 1.807) is 0 Å². The Morgan fingerprint density at radius 2 is 2.27 bits per heavy atom. The monoisotopic (exact) mass is 157 g/mol. The van der Waals surface area contributed by atoms with E-state index in [4.69, 9.17) is 4.74 Å². The van der Waals surface area contributed by atoms with Gasteiger partial charge >= 0.3 is 0 Å². The molecule has 1 fully saturated rings. The molecule has 0 aliphatic carbocycles. The predicted octanol–water partition coefficient (Wildman–Crippen LogP) is 1.85. The molecule has 0 N–H and O–H groups in total. The molecule has 0 radical (unpaired) electrons. The van der Waals surface area contributed by atoms with Crippen LogP contribution in [0.25, 0.3) is 0 Å². The fourth-order valence-electron chi connectivity index (χ4n) is 1.55. The Morgan fingerprint density at radius 1 is 1.45 bits per heavy atom. The van der Waals surface area contributed by atoms with Crippen molar-refractivity contribution in [1.82, 2.24) is 4.90 Å². The van der Waals surface area contributed by atoms with Crippen LogP contribution in [0.2, 0.25) is 0 Å². The van der Waals surface area contributed by atoms with Crippen LogP contribution in [0.15, 0.2) is 0 Å². The lowest BCUT2D eigenvalue weighted by Gasteiger charge is -2.20. The first-order valence-corrected chi connectivity index (χ1v) is 4.74. The van der Waals surface area contributed by atoms with Gasteiger partial charge in [0.15, 0.2) is 0 Å². The third-order valence-electron chi connectivity index (χ3n) is 2.24. The fraction of sp³-hybridized carbons (Fsp3) is 1.00. The quantitative estimate of drug-likeness (QED) is 0.617. The number of nitrogens with zero attached hydrogens (tertiary/aromatic N) is 1. The largest absolute Gasteiger partial charge is 0.362 e. The summed E-state index contributed by atoms with van der Waals surface area (Å²) in [6, 6.07) is 0. The molecule has 0 aromatic rings. The van der Waals surface area contributed by atoms with Crippen molar-refractivity contribution in [1.29, 1.82) is 0 Å². The van der Waals surface area contributed by atoms with Crippen molar-refractivity contribution < 1.29 is 4.74 Å². The molecule has 0 saturated carbocycles. The fourth-order valence-corrected chi connectivity index (χ4v) is 1.55. The maximum absolute atomic E-state index is 5.54. The van der Waals surface area contributed by atoms with Crippen molar-refractivity contribution in [2.45, 2.75) is 39.3 Å². The summed E-state index contributed by atoms with van der Waals surface area (Å²) >= 11 is 0. The number of unbranched alkanes of at least 4 members (excludes halogenated alkanes) is 1. The topological polar surface area (TPSA) is 12.5 Å². The van der Waals surface area contributed by atoms with Crippen LogP contribution in [-0.4, -0.2) is 30.8 Å². The summed E-state index contributed by atoms with van der Waals surface area (Å²) in [5, 5.41) is 0. The van der Waals surface area contributed by atoms with E-state index in [2.05, 4.69) is 18.7 Å². The van der Waals surface area contributed by atoms with Crippen molar-refractivity contribution in [3.05, 3.63) is 0 Å². The zero-order chi connectivity index (χ0) is 8.10. The lowest BCUT2D eigenvalue weighted by molar-refractivity contribution is 0.0307. The van der Waals surface area contributed by atoms with Crippen LogP contribution in [0.1, 0.15) is 33.1 Å². The minimum Gasteiger partial charge on any atom is -0.362 e. The molecule has 11 heavy (non-hydrogen) atoms. The molecule has 2 nitrogen and oxygen atoms in total. The molecule has 66 valence electrons. The summed E-state index contributed by atoms with van der Waals surface area (Å²) < 4.78 is 5.54. The Morgan fingerprint density at radius 3 is 2.91 bits per heavy atom. The summed E-state index contributed by atoms with van der Waals surface area (Å²) in [6.07, 6.45) is 4.14. The van der Waals surface area contributed by atoms with Gasteiger partial charge in [-0.15, -0.1) is 0 Å². The van der Waals surface area contributed by atoms with E-state index in [9.17, 15) is 0 Å². The van der Waals surface area contributed by atoms with E-state index in [1.807, 2.05) is 0 Å². The molecule has 0 spiro atoms. The average Bonchev–Trinajstić information content (AvgIpc) is 2.47. The summed E-state index contributed by atoms with van der Waals surface area (Å²) in [4.78, 5) is 2.45. The molecular formula is C9H19NO. The van der Waals surface area contributed by atoms with Crippen LogP contribution in [0, 0.1) is 0 Å². The van der Waals surface area contributed by atoms with E-state index in [-0.39, 0.29) is 0 Å². The maximum atomic E-state index is 5.54. The highest BCUT2D eigenvalue weighted by molar-refractivity contribution is 4.67. The second-order valence-electron chi connectivity index (χ2n) is 3.12. The first kappa shape index (κ1) is 9.01. The Labute approximate surface area is 69.5 Å². The van der Waals surface area contributed by atoms with Crippen LogP contribution in [0.4, 0.5) is 0 Å². The second-order valence-corrected chi connectivity index (χ2v) is 3.12. The van der Waals surface area contributed by atoms with Crippen molar-refractivity contribution in [2.24, 2.45) is 0 Å². The molecule has 0 amide bonds. The third kappa shape index (κ3) is 2.46. The molecule has 2 heteroatoms. The van der Waals surface area contributed by atoms with E-state index in [0.29, 0.717) is 6.23 Å². The van der Waals surface area contributed by atoms with Gasteiger partial charge in [-0.2, -0.15) is 0 Å². The van der Waals surface area contributed by atoms with Crippen molar-refractivity contribution in [2.75, 3.05) is 19.7 Å². The van der Waals surface area contributed by atoms with Crippen LogP contribution in [-0.2, 0) is 4.74 Å². The van der Waals surface area contributed by atoms with Crippen LogP contribution < -0.4 is 0 Å². The summed E-state index contributed by atoms with van der Waals surface area (Å²) in [7, 11) is 0. The molecule has 0 aromatic heterocycles. The standard InChI is InChI=1S/C9H19NO/c1-3-5-6-10-7-8-11-9(10)4-2/h9H,3-8H2,1-2H3. The molecule has 1 saturated heterocycles. The predicted molar refractivity (Wildman–Crippen MR) is 46.5 cm³/mol. The minimum absolute atomic E-state index is 0.418. The van der Waals surface area contributed by atoms with Crippen LogP contribution in [0.5, 0.6) is 0 Å². The number of hydrogen-bond acceptors (Lipinski definition) is 2. The molecule has 1 unspecified atom stereocenters. The van der Waals surface area contributed by atoms with E-state index >= 15 is 0 Å². The maximum Gasteiger partial charge on any atom is 0.110 e. The van der Waals surface area contributed by atoms with Gasteiger partial charge < -0.3 is 4.74 Å². The summed E-state index contributed by atoms with van der Waals surface area (Å²) in [5.41, 5.74) is 0. The summed E-state index contributed by atoms with van der Waals surface area (Å²) in [5.74, 6) is 0. The lowest BCUT2D eigenvalue weighted by atomic mass is 10.3. The Bertz CT molecular complexity index is 106.